The number of nitrogens with one attached hydrogen (secondary N) is 1. The number of primary amides is 1. The molecule has 1 rings (SSSR count). The zero-order valence-corrected chi connectivity index (χ0v) is 9.78. The average molecular weight is 223 g/mol. The van der Waals surface area contributed by atoms with Crippen molar-refractivity contribution in [2.24, 2.45) is 5.73 Å². The van der Waals surface area contributed by atoms with Gasteiger partial charge in [0.05, 0.1) is 12.8 Å². The molecule has 1 aromatic rings. The molecule has 1 heterocycles. The van der Waals surface area contributed by atoms with Gasteiger partial charge >= 0.3 is 0 Å². The number of aromatic nitrogens is 1. The predicted octanol–water partition coefficient (Wildman–Crippen LogP) is 1.07. The molecule has 0 bridgehead atoms. The SMILES string of the molecule is COc1ncc(C)cc1NC(C)CC(N)=O. The van der Waals surface area contributed by atoms with Crippen molar-refractivity contribution >= 4 is 11.6 Å². The summed E-state index contributed by atoms with van der Waals surface area (Å²) >= 11 is 0. The molecule has 0 aliphatic heterocycles. The molecular weight excluding hydrogens is 206 g/mol. The Hall–Kier alpha value is -1.78. The Morgan fingerprint density at radius 1 is 1.69 bits per heavy atom. The first-order chi connectivity index (χ1) is 7.52. The van der Waals surface area contributed by atoms with Gasteiger partial charge in [-0.2, -0.15) is 0 Å². The molecule has 0 spiro atoms. The Bertz CT molecular complexity index is 379. The second kappa shape index (κ2) is 5.34. The summed E-state index contributed by atoms with van der Waals surface area (Å²) in [5, 5.41) is 3.15. The van der Waals surface area contributed by atoms with E-state index in [1.165, 1.54) is 0 Å². The van der Waals surface area contributed by atoms with Crippen molar-refractivity contribution < 1.29 is 9.53 Å². The van der Waals surface area contributed by atoms with Gasteiger partial charge in [0.15, 0.2) is 0 Å². The van der Waals surface area contributed by atoms with E-state index < -0.39 is 0 Å². The third-order valence-corrected chi connectivity index (χ3v) is 2.09. The topological polar surface area (TPSA) is 77.2 Å². The first-order valence-electron chi connectivity index (χ1n) is 5.08. The van der Waals surface area contributed by atoms with Gasteiger partial charge in [-0.15, -0.1) is 0 Å². The van der Waals surface area contributed by atoms with Crippen LogP contribution in [0.3, 0.4) is 0 Å². The van der Waals surface area contributed by atoms with Gasteiger partial charge in [-0.05, 0) is 25.5 Å². The number of ether oxygens (including phenoxy) is 1. The molecule has 0 saturated carbocycles. The van der Waals surface area contributed by atoms with Crippen LogP contribution in [0.2, 0.25) is 0 Å². The van der Waals surface area contributed by atoms with Crippen LogP contribution < -0.4 is 15.8 Å². The molecule has 0 aliphatic carbocycles. The van der Waals surface area contributed by atoms with Gasteiger partial charge in [0, 0.05) is 18.7 Å². The molecule has 0 radical (unpaired) electrons. The minimum absolute atomic E-state index is 0.0463. The van der Waals surface area contributed by atoms with Crippen LogP contribution in [0.15, 0.2) is 12.3 Å². The third-order valence-electron chi connectivity index (χ3n) is 2.09. The van der Waals surface area contributed by atoms with E-state index in [9.17, 15) is 4.79 Å². The van der Waals surface area contributed by atoms with Gasteiger partial charge in [-0.25, -0.2) is 4.98 Å². The largest absolute Gasteiger partial charge is 0.480 e. The highest BCUT2D eigenvalue weighted by molar-refractivity contribution is 5.75. The van der Waals surface area contributed by atoms with Crippen molar-refractivity contribution in [1.29, 1.82) is 0 Å². The number of hydrogen-bond acceptors (Lipinski definition) is 4. The number of rotatable bonds is 5. The maximum atomic E-state index is 10.8. The molecule has 1 aromatic heterocycles. The number of hydrogen-bond donors (Lipinski definition) is 2. The lowest BCUT2D eigenvalue weighted by Gasteiger charge is -2.15. The lowest BCUT2D eigenvalue weighted by Crippen LogP contribution is -2.24. The Kier molecular flexibility index (Phi) is 4.10. The second-order valence-electron chi connectivity index (χ2n) is 3.79. The Balaban J connectivity index is 2.78. The predicted molar refractivity (Wildman–Crippen MR) is 62.4 cm³/mol. The third kappa shape index (κ3) is 3.42. The van der Waals surface area contributed by atoms with Gasteiger partial charge in [0.1, 0.15) is 0 Å². The van der Waals surface area contributed by atoms with E-state index in [-0.39, 0.29) is 18.4 Å². The van der Waals surface area contributed by atoms with Crippen molar-refractivity contribution in [1.82, 2.24) is 4.98 Å². The molecule has 0 aliphatic rings. The van der Waals surface area contributed by atoms with Gasteiger partial charge in [0.25, 0.3) is 0 Å². The molecule has 16 heavy (non-hydrogen) atoms. The van der Waals surface area contributed by atoms with E-state index in [1.807, 2.05) is 19.9 Å². The van der Waals surface area contributed by atoms with Crippen LogP contribution in [0.5, 0.6) is 5.88 Å². The number of nitrogens with zero attached hydrogens (tertiary/aromatic N) is 1. The summed E-state index contributed by atoms with van der Waals surface area (Å²) in [4.78, 5) is 14.9. The van der Waals surface area contributed by atoms with E-state index in [4.69, 9.17) is 10.5 Å². The van der Waals surface area contributed by atoms with E-state index in [2.05, 4.69) is 10.3 Å². The number of nitrogens with two attached hydrogens (primary N) is 1. The van der Waals surface area contributed by atoms with Crippen molar-refractivity contribution in [3.63, 3.8) is 0 Å². The van der Waals surface area contributed by atoms with E-state index in [0.717, 1.165) is 11.3 Å². The van der Waals surface area contributed by atoms with Gasteiger partial charge < -0.3 is 15.8 Å². The minimum Gasteiger partial charge on any atom is -0.480 e. The zero-order chi connectivity index (χ0) is 12.1. The van der Waals surface area contributed by atoms with Crippen LogP contribution in [-0.2, 0) is 4.79 Å². The van der Waals surface area contributed by atoms with Crippen molar-refractivity contribution in [2.45, 2.75) is 26.3 Å². The average Bonchev–Trinajstić information content (AvgIpc) is 2.16. The number of amides is 1. The maximum Gasteiger partial charge on any atom is 0.237 e. The number of pyridine rings is 1. The fourth-order valence-corrected chi connectivity index (χ4v) is 1.44. The van der Waals surface area contributed by atoms with Crippen molar-refractivity contribution in [3.8, 4) is 5.88 Å². The normalized spacial score (nSPS) is 11.9. The van der Waals surface area contributed by atoms with Crippen LogP contribution in [-0.4, -0.2) is 24.0 Å². The summed E-state index contributed by atoms with van der Waals surface area (Å²) in [6.45, 7) is 3.82. The standard InChI is InChI=1S/C11H17N3O2/c1-7-4-9(11(16-3)13-6-7)14-8(2)5-10(12)15/h4,6,8,14H,5H2,1-3H3,(H2,12,15). The lowest BCUT2D eigenvalue weighted by atomic mass is 10.2. The molecular formula is C11H17N3O2. The van der Waals surface area contributed by atoms with Crippen LogP contribution >= 0.6 is 0 Å². The van der Waals surface area contributed by atoms with Gasteiger partial charge in [-0.3, -0.25) is 4.79 Å². The molecule has 1 unspecified atom stereocenters. The quantitative estimate of drug-likeness (QED) is 0.783. The second-order valence-corrected chi connectivity index (χ2v) is 3.79. The maximum absolute atomic E-state index is 10.8. The highest BCUT2D eigenvalue weighted by atomic mass is 16.5. The molecule has 0 fully saturated rings. The number of carbonyl (C=O) groups excluding carboxylic acids is 1. The summed E-state index contributed by atoms with van der Waals surface area (Å²) in [5.41, 5.74) is 6.92. The van der Waals surface area contributed by atoms with E-state index in [1.54, 1.807) is 13.3 Å². The van der Waals surface area contributed by atoms with Crippen molar-refractivity contribution in [2.75, 3.05) is 12.4 Å². The van der Waals surface area contributed by atoms with Crippen LogP contribution in [0.4, 0.5) is 5.69 Å². The van der Waals surface area contributed by atoms with E-state index in [0.29, 0.717) is 5.88 Å². The highest BCUT2D eigenvalue weighted by Crippen LogP contribution is 2.23. The molecule has 0 aromatic carbocycles. The summed E-state index contributed by atoms with van der Waals surface area (Å²) in [7, 11) is 1.56. The zero-order valence-electron chi connectivity index (χ0n) is 9.78. The lowest BCUT2D eigenvalue weighted by molar-refractivity contribution is -0.118. The molecule has 1 amide bonds. The highest BCUT2D eigenvalue weighted by Gasteiger charge is 2.10. The summed E-state index contributed by atoms with van der Waals surface area (Å²) in [6, 6.07) is 1.87. The van der Waals surface area contributed by atoms with E-state index >= 15 is 0 Å². The van der Waals surface area contributed by atoms with Crippen LogP contribution in [0.25, 0.3) is 0 Å². The first-order valence-corrected chi connectivity index (χ1v) is 5.08. The Morgan fingerprint density at radius 3 is 2.94 bits per heavy atom. The van der Waals surface area contributed by atoms with Crippen molar-refractivity contribution in [3.05, 3.63) is 17.8 Å². The molecule has 0 saturated heterocycles. The molecule has 3 N–H and O–H groups in total. The number of methoxy groups -OCH3 is 1. The Morgan fingerprint density at radius 2 is 2.38 bits per heavy atom. The number of anilines is 1. The molecule has 5 nitrogen and oxygen atoms in total. The number of carbonyl (C=O) groups is 1. The molecule has 5 heteroatoms. The van der Waals surface area contributed by atoms with Crippen LogP contribution in [0.1, 0.15) is 18.9 Å². The summed E-state index contributed by atoms with van der Waals surface area (Å²) in [6.07, 6.45) is 2.00. The summed E-state index contributed by atoms with van der Waals surface area (Å²) < 4.78 is 5.12. The minimum atomic E-state index is -0.334. The smallest absolute Gasteiger partial charge is 0.237 e. The summed E-state index contributed by atoms with van der Waals surface area (Å²) in [5.74, 6) is 0.182. The molecule has 1 atom stereocenters. The van der Waals surface area contributed by atoms with Crippen LogP contribution in [0, 0.1) is 6.92 Å². The van der Waals surface area contributed by atoms with Gasteiger partial charge in [0.2, 0.25) is 11.8 Å². The fourth-order valence-electron chi connectivity index (χ4n) is 1.44. The number of aryl methyl sites for hydroxylation is 1. The fraction of sp³-hybridized carbons (Fsp3) is 0.455. The monoisotopic (exact) mass is 223 g/mol. The van der Waals surface area contributed by atoms with Gasteiger partial charge in [-0.1, -0.05) is 0 Å². The first kappa shape index (κ1) is 12.3. The Labute approximate surface area is 95.0 Å². The molecule has 88 valence electrons.